The molecule has 5 nitrogen and oxygen atoms in total. The number of hydrogen-bond donors (Lipinski definition) is 2. The molecule has 2 unspecified atom stereocenters. The first-order valence-corrected chi connectivity index (χ1v) is 11.1. The number of halogens is 2. The van der Waals surface area contributed by atoms with Crippen LogP contribution in [0.2, 0.25) is 5.02 Å². The predicted octanol–water partition coefficient (Wildman–Crippen LogP) is 4.83. The summed E-state index contributed by atoms with van der Waals surface area (Å²) in [6.45, 7) is 1.70. The molecule has 0 aliphatic carbocycles. The van der Waals surface area contributed by atoms with Crippen molar-refractivity contribution in [2.24, 2.45) is 4.99 Å². The highest BCUT2D eigenvalue weighted by molar-refractivity contribution is 14.0. The molecular weight excluding hydrogens is 523 g/mol. The first-order valence-electron chi connectivity index (χ1n) is 10.8. The predicted molar refractivity (Wildman–Crippen MR) is 139 cm³/mol. The van der Waals surface area contributed by atoms with E-state index in [-0.39, 0.29) is 24.0 Å². The normalized spacial score (nSPS) is 23.2. The van der Waals surface area contributed by atoms with Crippen LogP contribution in [0.15, 0.2) is 53.5 Å². The first-order chi connectivity index (χ1) is 14.7. The van der Waals surface area contributed by atoms with Gasteiger partial charge in [-0.1, -0.05) is 48.0 Å². The molecule has 31 heavy (non-hydrogen) atoms. The molecule has 2 saturated heterocycles. The minimum absolute atomic E-state index is 0. The quantitative estimate of drug-likeness (QED) is 0.305. The summed E-state index contributed by atoms with van der Waals surface area (Å²) in [5.74, 6) is 1.63. The number of nitrogens with zero attached hydrogens (tertiary/aromatic N) is 2. The molecule has 2 heterocycles. The van der Waals surface area contributed by atoms with Crippen LogP contribution in [0.4, 0.5) is 0 Å². The summed E-state index contributed by atoms with van der Waals surface area (Å²) in [6, 6.07) is 18.3. The van der Waals surface area contributed by atoms with Gasteiger partial charge in [0.15, 0.2) is 5.96 Å². The second-order valence-corrected chi connectivity index (χ2v) is 8.67. The lowest BCUT2D eigenvalue weighted by molar-refractivity contribution is 0.114. The van der Waals surface area contributed by atoms with E-state index in [0.717, 1.165) is 36.7 Å². The maximum Gasteiger partial charge on any atom is 0.191 e. The molecule has 0 aromatic heterocycles. The summed E-state index contributed by atoms with van der Waals surface area (Å²) in [6.07, 6.45) is 4.91. The molecule has 2 aliphatic heterocycles. The van der Waals surface area contributed by atoms with Crippen molar-refractivity contribution in [2.75, 3.05) is 14.2 Å². The fraction of sp³-hybridized carbons (Fsp3) is 0.458. The van der Waals surface area contributed by atoms with Crippen LogP contribution in [-0.2, 0) is 13.1 Å². The van der Waals surface area contributed by atoms with Gasteiger partial charge in [0.05, 0.1) is 7.11 Å². The summed E-state index contributed by atoms with van der Waals surface area (Å²) in [7, 11) is 3.49. The second-order valence-electron chi connectivity index (χ2n) is 8.24. The van der Waals surface area contributed by atoms with Crippen LogP contribution >= 0.6 is 35.6 Å². The number of benzene rings is 2. The van der Waals surface area contributed by atoms with E-state index in [4.69, 9.17) is 16.3 Å². The Morgan fingerprint density at radius 1 is 1.13 bits per heavy atom. The summed E-state index contributed by atoms with van der Waals surface area (Å²) in [4.78, 5) is 7.15. The molecule has 2 aromatic rings. The highest BCUT2D eigenvalue weighted by Gasteiger charge is 2.40. The zero-order valence-electron chi connectivity index (χ0n) is 18.2. The van der Waals surface area contributed by atoms with Crippen LogP contribution in [-0.4, -0.2) is 43.1 Å². The van der Waals surface area contributed by atoms with Crippen molar-refractivity contribution >= 4 is 41.5 Å². The summed E-state index contributed by atoms with van der Waals surface area (Å²) in [5, 5.41) is 7.76. The molecule has 2 bridgehead atoms. The summed E-state index contributed by atoms with van der Waals surface area (Å²) >= 11 is 6.07. The molecule has 0 saturated carbocycles. The van der Waals surface area contributed by atoms with Crippen LogP contribution in [0.5, 0.6) is 5.75 Å². The monoisotopic (exact) mass is 554 g/mol. The van der Waals surface area contributed by atoms with E-state index < -0.39 is 0 Å². The van der Waals surface area contributed by atoms with Gasteiger partial charge < -0.3 is 15.4 Å². The van der Waals surface area contributed by atoms with E-state index >= 15 is 0 Å². The lowest BCUT2D eigenvalue weighted by Gasteiger charge is -2.39. The number of fused-ring (bicyclic) bond motifs is 2. The van der Waals surface area contributed by atoms with Crippen molar-refractivity contribution in [2.45, 2.75) is 56.9 Å². The maximum absolute atomic E-state index is 6.07. The fourth-order valence-corrected chi connectivity index (χ4v) is 5.04. The average Bonchev–Trinajstić information content (AvgIpc) is 3.00. The number of ether oxygens (including phenoxy) is 1. The Balaban J connectivity index is 0.00000272. The molecular formula is C24H32ClIN4O. The Morgan fingerprint density at radius 2 is 1.84 bits per heavy atom. The van der Waals surface area contributed by atoms with Crippen LogP contribution < -0.4 is 15.4 Å². The van der Waals surface area contributed by atoms with E-state index in [1.807, 2.05) is 25.2 Å². The van der Waals surface area contributed by atoms with E-state index in [9.17, 15) is 0 Å². The third-order valence-electron chi connectivity index (χ3n) is 6.35. The Labute approximate surface area is 207 Å². The second kappa shape index (κ2) is 11.4. The summed E-state index contributed by atoms with van der Waals surface area (Å²) < 4.78 is 5.45. The lowest BCUT2D eigenvalue weighted by atomic mass is 9.96. The SMILES string of the molecule is CN=C(NCc1ccc(Cl)cc1OC)NC1CC2CCC(C1)N2Cc1ccccc1.I. The number of aliphatic imine (C=N–C) groups is 1. The van der Waals surface area contributed by atoms with Crippen LogP contribution in [0.25, 0.3) is 0 Å². The van der Waals surface area contributed by atoms with Crippen molar-refractivity contribution in [3.63, 3.8) is 0 Å². The lowest BCUT2D eigenvalue weighted by Crippen LogP contribution is -2.52. The molecule has 0 radical (unpaired) electrons. The van der Waals surface area contributed by atoms with Gasteiger partial charge in [-0.3, -0.25) is 9.89 Å². The van der Waals surface area contributed by atoms with Gasteiger partial charge in [0.1, 0.15) is 5.75 Å². The van der Waals surface area contributed by atoms with Gasteiger partial charge in [-0.15, -0.1) is 24.0 Å². The van der Waals surface area contributed by atoms with Crippen LogP contribution in [0, 0.1) is 0 Å². The Bertz CT molecular complexity index is 865. The number of piperidine rings is 1. The van der Waals surface area contributed by atoms with Gasteiger partial charge >= 0.3 is 0 Å². The first kappa shape index (κ1) is 24.1. The smallest absolute Gasteiger partial charge is 0.191 e. The average molecular weight is 555 g/mol. The molecule has 2 N–H and O–H groups in total. The largest absolute Gasteiger partial charge is 0.496 e. The minimum Gasteiger partial charge on any atom is -0.496 e. The van der Waals surface area contributed by atoms with E-state index in [2.05, 4.69) is 50.9 Å². The number of methoxy groups -OCH3 is 1. The Morgan fingerprint density at radius 3 is 2.48 bits per heavy atom. The Hall–Kier alpha value is -1.51. The van der Waals surface area contributed by atoms with E-state index in [0.29, 0.717) is 29.7 Å². The maximum atomic E-state index is 6.07. The highest BCUT2D eigenvalue weighted by Crippen LogP contribution is 2.36. The number of rotatable bonds is 6. The van der Waals surface area contributed by atoms with Crippen molar-refractivity contribution in [3.8, 4) is 5.75 Å². The number of nitrogens with one attached hydrogen (secondary N) is 2. The third-order valence-corrected chi connectivity index (χ3v) is 6.59. The molecule has 2 atom stereocenters. The molecule has 2 aliphatic rings. The Kier molecular flexibility index (Phi) is 8.86. The molecule has 0 amide bonds. The minimum atomic E-state index is 0. The van der Waals surface area contributed by atoms with Crippen molar-refractivity contribution in [1.82, 2.24) is 15.5 Å². The van der Waals surface area contributed by atoms with Gasteiger partial charge in [0.2, 0.25) is 0 Å². The van der Waals surface area contributed by atoms with E-state index in [1.165, 1.54) is 18.4 Å². The molecule has 168 valence electrons. The standard InChI is InChI=1S/C24H31ClN4O.HI/c1-26-24(27-15-18-8-9-19(25)12-23(18)30-2)28-20-13-21-10-11-22(14-20)29(21)16-17-6-4-3-5-7-17;/h3-9,12,20-22H,10-11,13-16H2,1-2H3,(H2,26,27,28);1H. The van der Waals surface area contributed by atoms with Gasteiger partial charge in [-0.2, -0.15) is 0 Å². The highest BCUT2D eigenvalue weighted by atomic mass is 127. The molecule has 7 heteroatoms. The summed E-state index contributed by atoms with van der Waals surface area (Å²) in [5.41, 5.74) is 2.47. The zero-order chi connectivity index (χ0) is 20.9. The van der Waals surface area contributed by atoms with Crippen molar-refractivity contribution < 1.29 is 4.74 Å². The molecule has 4 rings (SSSR count). The molecule has 2 aromatic carbocycles. The van der Waals surface area contributed by atoms with Crippen LogP contribution in [0.1, 0.15) is 36.8 Å². The number of guanidine groups is 1. The third kappa shape index (κ3) is 6.05. The fourth-order valence-electron chi connectivity index (χ4n) is 4.88. The van der Waals surface area contributed by atoms with Crippen LogP contribution in [0.3, 0.4) is 0 Å². The van der Waals surface area contributed by atoms with Gasteiger partial charge in [0, 0.05) is 48.8 Å². The van der Waals surface area contributed by atoms with Crippen molar-refractivity contribution in [3.05, 3.63) is 64.7 Å². The van der Waals surface area contributed by atoms with E-state index in [1.54, 1.807) is 7.11 Å². The molecule has 0 spiro atoms. The molecule has 2 fully saturated rings. The van der Waals surface area contributed by atoms with Gasteiger partial charge in [-0.25, -0.2) is 0 Å². The van der Waals surface area contributed by atoms with Gasteiger partial charge in [0.25, 0.3) is 0 Å². The number of hydrogen-bond acceptors (Lipinski definition) is 3. The zero-order valence-corrected chi connectivity index (χ0v) is 21.3. The van der Waals surface area contributed by atoms with Gasteiger partial charge in [-0.05, 0) is 43.4 Å². The van der Waals surface area contributed by atoms with Crippen molar-refractivity contribution in [1.29, 1.82) is 0 Å². The topological polar surface area (TPSA) is 48.9 Å².